The lowest BCUT2D eigenvalue weighted by atomic mass is 10.2. The van der Waals surface area contributed by atoms with Crippen LogP contribution < -0.4 is 10.2 Å². The van der Waals surface area contributed by atoms with Gasteiger partial charge in [-0.2, -0.15) is 4.99 Å². The molecule has 0 unspecified atom stereocenters. The summed E-state index contributed by atoms with van der Waals surface area (Å²) in [5, 5.41) is 4.52. The average Bonchev–Trinajstić information content (AvgIpc) is 3.34. The third-order valence-corrected chi connectivity index (χ3v) is 5.27. The molecule has 9 heteroatoms. The van der Waals surface area contributed by atoms with E-state index >= 15 is 0 Å². The molecule has 1 N–H and O–H groups in total. The van der Waals surface area contributed by atoms with Gasteiger partial charge in [0.1, 0.15) is 11.9 Å². The molecule has 152 valence electrons. The minimum atomic E-state index is -0.524. The Bertz CT molecular complexity index is 1140. The molecule has 3 aromatic rings. The van der Waals surface area contributed by atoms with Crippen molar-refractivity contribution >= 4 is 39.6 Å². The summed E-state index contributed by atoms with van der Waals surface area (Å²) in [7, 11) is 0. The van der Waals surface area contributed by atoms with E-state index in [0.29, 0.717) is 29.6 Å². The number of carbonyl (C=O) groups excluding carboxylic acids is 1. The fourth-order valence-corrected chi connectivity index (χ4v) is 3.61. The number of aromatic nitrogens is 2. The molecular weight excluding hydrogens is 405 g/mol. The van der Waals surface area contributed by atoms with E-state index < -0.39 is 18.0 Å². The van der Waals surface area contributed by atoms with E-state index in [2.05, 4.69) is 21.3 Å². The fourth-order valence-electron chi connectivity index (χ4n) is 3.23. The van der Waals surface area contributed by atoms with Gasteiger partial charge in [-0.1, -0.05) is 18.2 Å². The first-order valence-corrected chi connectivity index (χ1v) is 10.3. The highest BCUT2D eigenvalue weighted by molar-refractivity contribution is 8.13. The zero-order valence-electron chi connectivity index (χ0n) is 16.1. The molecule has 1 aliphatic rings. The van der Waals surface area contributed by atoms with Gasteiger partial charge in [0.2, 0.25) is 0 Å². The van der Waals surface area contributed by atoms with Crippen LogP contribution in [0.15, 0.2) is 53.9 Å². The maximum atomic E-state index is 14.9. The molecule has 1 fully saturated rings. The molecule has 1 saturated heterocycles. The normalized spacial score (nSPS) is 16.6. The molecule has 0 bridgehead atoms. The van der Waals surface area contributed by atoms with Crippen molar-refractivity contribution in [3.8, 4) is 18.2 Å². The highest BCUT2D eigenvalue weighted by Crippen LogP contribution is 2.26. The molecule has 0 spiro atoms. The van der Waals surface area contributed by atoms with Crippen molar-refractivity contribution in [1.29, 1.82) is 0 Å². The van der Waals surface area contributed by atoms with Gasteiger partial charge in [-0.25, -0.2) is 9.18 Å². The first-order chi connectivity index (χ1) is 14.6. The standard InChI is InChI=1S/C21H18FN5O2S/c1-3-23-20(30-2)25-10-16-12-27(21(28)29-16)15-6-7-19(17(22)9-15)26-11-14-5-4-8-24-18(14)13-26/h1,4-9,11,13,16H,10,12H2,2H3,(H,23,25)/t16-/m0/s1. The van der Waals surface area contributed by atoms with Gasteiger partial charge >= 0.3 is 6.09 Å². The zero-order chi connectivity index (χ0) is 21.1. The van der Waals surface area contributed by atoms with Crippen LogP contribution in [0.1, 0.15) is 0 Å². The van der Waals surface area contributed by atoms with E-state index in [4.69, 9.17) is 11.2 Å². The Morgan fingerprint density at radius 1 is 1.47 bits per heavy atom. The summed E-state index contributed by atoms with van der Waals surface area (Å²) in [5.41, 5.74) is 1.58. The number of pyridine rings is 1. The number of nitrogens with one attached hydrogen (secondary N) is 1. The highest BCUT2D eigenvalue weighted by atomic mass is 32.2. The molecule has 30 heavy (non-hydrogen) atoms. The van der Waals surface area contributed by atoms with Crippen LogP contribution in [-0.4, -0.2) is 46.3 Å². The van der Waals surface area contributed by atoms with E-state index in [9.17, 15) is 9.18 Å². The summed E-state index contributed by atoms with van der Waals surface area (Å²) in [6, 6.07) is 10.6. The number of anilines is 1. The quantitative estimate of drug-likeness (QED) is 0.396. The Hall–Kier alpha value is -3.51. The van der Waals surface area contributed by atoms with Crippen LogP contribution in [0.25, 0.3) is 16.6 Å². The third kappa shape index (κ3) is 3.95. The van der Waals surface area contributed by atoms with Gasteiger partial charge in [-0.05, 0) is 36.6 Å². The summed E-state index contributed by atoms with van der Waals surface area (Å²) in [4.78, 5) is 21.8. The number of nitrogens with zero attached hydrogens (tertiary/aromatic N) is 4. The number of halogens is 1. The van der Waals surface area contributed by atoms with Crippen LogP contribution in [0.5, 0.6) is 0 Å². The predicted octanol–water partition coefficient (Wildman–Crippen LogP) is 3.39. The maximum absolute atomic E-state index is 14.9. The number of amides is 1. The SMILES string of the molecule is C#CN=C(NC[C@H]1CN(c2ccc(-n3cc4cccnc4c3)c(F)c2)C(=O)O1)SC. The second-order valence-corrected chi connectivity index (χ2v) is 7.32. The minimum Gasteiger partial charge on any atom is -0.442 e. The number of thioether (sulfide) groups is 1. The number of carbonyl (C=O) groups is 1. The zero-order valence-corrected chi connectivity index (χ0v) is 16.9. The van der Waals surface area contributed by atoms with Gasteiger partial charge in [0.25, 0.3) is 0 Å². The van der Waals surface area contributed by atoms with Gasteiger partial charge in [-0.3, -0.25) is 9.88 Å². The molecule has 0 aliphatic carbocycles. The van der Waals surface area contributed by atoms with Crippen molar-refractivity contribution in [1.82, 2.24) is 14.9 Å². The Morgan fingerprint density at radius 2 is 2.33 bits per heavy atom. The van der Waals surface area contributed by atoms with E-state index in [1.54, 1.807) is 29.1 Å². The van der Waals surface area contributed by atoms with Crippen molar-refractivity contribution in [2.24, 2.45) is 4.99 Å². The average molecular weight is 423 g/mol. The number of terminal acetylenes is 1. The molecule has 7 nitrogen and oxygen atoms in total. The maximum Gasteiger partial charge on any atom is 0.414 e. The summed E-state index contributed by atoms with van der Waals surface area (Å²) < 4.78 is 21.9. The molecule has 0 saturated carbocycles. The van der Waals surface area contributed by atoms with Crippen molar-refractivity contribution in [3.63, 3.8) is 0 Å². The molecule has 4 rings (SSSR count). The van der Waals surface area contributed by atoms with Crippen LogP contribution >= 0.6 is 11.8 Å². The molecule has 1 atom stereocenters. The van der Waals surface area contributed by atoms with Gasteiger partial charge < -0.3 is 14.6 Å². The molecule has 1 aliphatic heterocycles. The van der Waals surface area contributed by atoms with Crippen LogP contribution in [0.2, 0.25) is 0 Å². The lowest BCUT2D eigenvalue weighted by Gasteiger charge is -2.15. The molecule has 1 aromatic carbocycles. The van der Waals surface area contributed by atoms with Crippen molar-refractivity contribution in [2.45, 2.75) is 6.10 Å². The van der Waals surface area contributed by atoms with Crippen LogP contribution in [0.3, 0.4) is 0 Å². The minimum absolute atomic E-state index is 0.291. The second-order valence-electron chi connectivity index (χ2n) is 6.53. The van der Waals surface area contributed by atoms with E-state index in [1.807, 2.05) is 24.6 Å². The number of benzene rings is 1. The molecule has 2 aromatic heterocycles. The first-order valence-electron chi connectivity index (χ1n) is 9.11. The summed E-state index contributed by atoms with van der Waals surface area (Å²) in [5.74, 6) is -0.451. The smallest absolute Gasteiger partial charge is 0.414 e. The molecular formula is C21H18FN5O2S. The molecule has 0 radical (unpaired) electrons. The number of ether oxygens (including phenoxy) is 1. The number of rotatable bonds is 4. The predicted molar refractivity (Wildman–Crippen MR) is 116 cm³/mol. The Morgan fingerprint density at radius 3 is 3.07 bits per heavy atom. The molecule has 1 amide bonds. The number of amidine groups is 1. The van der Waals surface area contributed by atoms with Crippen molar-refractivity contribution in [2.75, 3.05) is 24.2 Å². The fraction of sp³-hybridized carbons (Fsp3) is 0.190. The van der Waals surface area contributed by atoms with E-state index in [1.165, 1.54) is 22.7 Å². The van der Waals surface area contributed by atoms with E-state index in [-0.39, 0.29) is 0 Å². The second kappa shape index (κ2) is 8.47. The van der Waals surface area contributed by atoms with Gasteiger partial charge in [0, 0.05) is 30.0 Å². The summed E-state index contributed by atoms with van der Waals surface area (Å²) >= 11 is 1.36. The Labute approximate surface area is 176 Å². The summed E-state index contributed by atoms with van der Waals surface area (Å²) in [6.07, 6.45) is 11.3. The number of hydrogen-bond acceptors (Lipinski definition) is 5. The highest BCUT2D eigenvalue weighted by Gasteiger charge is 2.32. The number of hydrogen-bond donors (Lipinski definition) is 1. The van der Waals surface area contributed by atoms with Crippen LogP contribution in [0.4, 0.5) is 14.9 Å². The van der Waals surface area contributed by atoms with Gasteiger partial charge in [0.15, 0.2) is 5.17 Å². The molecule has 3 heterocycles. The summed E-state index contributed by atoms with van der Waals surface area (Å²) in [6.45, 7) is 0.646. The topological polar surface area (TPSA) is 71.8 Å². The number of aliphatic imine (C=N–C) groups is 1. The third-order valence-electron chi connectivity index (χ3n) is 4.65. The Kier molecular flexibility index (Phi) is 5.59. The van der Waals surface area contributed by atoms with Crippen molar-refractivity contribution < 1.29 is 13.9 Å². The van der Waals surface area contributed by atoms with Crippen molar-refractivity contribution in [3.05, 3.63) is 54.7 Å². The van der Waals surface area contributed by atoms with Gasteiger partial charge in [-0.15, -0.1) is 0 Å². The van der Waals surface area contributed by atoms with Crippen LogP contribution in [-0.2, 0) is 4.74 Å². The number of cyclic esters (lactones) is 1. The monoisotopic (exact) mass is 423 g/mol. The largest absolute Gasteiger partial charge is 0.442 e. The van der Waals surface area contributed by atoms with E-state index in [0.717, 1.165) is 10.9 Å². The Balaban J connectivity index is 1.49. The number of fused-ring (bicyclic) bond motifs is 1. The lowest BCUT2D eigenvalue weighted by molar-refractivity contribution is 0.143. The lowest BCUT2D eigenvalue weighted by Crippen LogP contribution is -2.33. The van der Waals surface area contributed by atoms with Crippen LogP contribution in [0, 0.1) is 18.3 Å². The van der Waals surface area contributed by atoms with Gasteiger partial charge in [0.05, 0.1) is 30.0 Å². The first kappa shape index (κ1) is 19.8.